The molecule has 3 aromatic rings. The van der Waals surface area contributed by atoms with Crippen molar-refractivity contribution in [3.8, 4) is 11.4 Å². The summed E-state index contributed by atoms with van der Waals surface area (Å²) < 4.78 is 0. The summed E-state index contributed by atoms with van der Waals surface area (Å²) in [6.07, 6.45) is 3.41. The van der Waals surface area contributed by atoms with Crippen LogP contribution in [0.4, 0.5) is 5.95 Å². The highest BCUT2D eigenvalue weighted by Crippen LogP contribution is 2.22. The predicted octanol–water partition coefficient (Wildman–Crippen LogP) is 1.67. The van der Waals surface area contributed by atoms with Crippen molar-refractivity contribution < 1.29 is 0 Å². The molecule has 5 heteroatoms. The van der Waals surface area contributed by atoms with Crippen molar-refractivity contribution in [2.45, 2.75) is 0 Å². The molecular formula is C12H9N5. The quantitative estimate of drug-likeness (QED) is 0.679. The second-order valence-corrected chi connectivity index (χ2v) is 3.52. The highest BCUT2D eigenvalue weighted by Gasteiger charge is 2.09. The Hall–Kier alpha value is -2.56. The Labute approximate surface area is 97.4 Å². The van der Waals surface area contributed by atoms with E-state index < -0.39 is 0 Å². The molecule has 3 rings (SSSR count). The first-order valence-corrected chi connectivity index (χ1v) is 5.14. The normalized spacial score (nSPS) is 10.6. The number of nitrogen functional groups attached to an aromatic ring is 1. The van der Waals surface area contributed by atoms with Crippen LogP contribution in [0.3, 0.4) is 0 Å². The third kappa shape index (κ3) is 1.67. The lowest BCUT2D eigenvalue weighted by molar-refractivity contribution is 1.19. The number of aromatic nitrogens is 4. The molecule has 0 bridgehead atoms. The maximum absolute atomic E-state index is 5.68. The van der Waals surface area contributed by atoms with E-state index in [0.29, 0.717) is 11.2 Å². The van der Waals surface area contributed by atoms with Gasteiger partial charge in [0.1, 0.15) is 11.2 Å². The van der Waals surface area contributed by atoms with Crippen LogP contribution in [0.2, 0.25) is 0 Å². The number of anilines is 1. The van der Waals surface area contributed by atoms with Gasteiger partial charge in [-0.15, -0.1) is 0 Å². The molecule has 2 N–H and O–H groups in total. The van der Waals surface area contributed by atoms with Crippen LogP contribution in [0.1, 0.15) is 0 Å². The molecule has 5 nitrogen and oxygen atoms in total. The van der Waals surface area contributed by atoms with E-state index in [1.807, 2.05) is 30.3 Å². The van der Waals surface area contributed by atoms with Crippen LogP contribution in [0.25, 0.3) is 22.4 Å². The number of fused-ring (bicyclic) bond motifs is 1. The van der Waals surface area contributed by atoms with Crippen molar-refractivity contribution in [2.75, 3.05) is 5.73 Å². The molecule has 0 aliphatic rings. The summed E-state index contributed by atoms with van der Waals surface area (Å²) in [5, 5.41) is 0. The Bertz CT molecular complexity index is 666. The Morgan fingerprint density at radius 2 is 1.76 bits per heavy atom. The molecule has 0 saturated heterocycles. The molecule has 82 valence electrons. The second kappa shape index (κ2) is 3.79. The van der Waals surface area contributed by atoms with Crippen LogP contribution in [-0.4, -0.2) is 19.9 Å². The van der Waals surface area contributed by atoms with Crippen molar-refractivity contribution in [3.63, 3.8) is 0 Å². The fraction of sp³-hybridized carbons (Fsp3) is 0. The molecule has 0 spiro atoms. The third-order valence-corrected chi connectivity index (χ3v) is 2.38. The molecule has 0 unspecified atom stereocenters. The molecule has 0 radical (unpaired) electrons. The SMILES string of the molecule is Nc1nc(-c2ccccn2)c2ncccc2n1. The molecule has 0 aromatic carbocycles. The van der Waals surface area contributed by atoms with E-state index in [1.165, 1.54) is 0 Å². The zero-order chi connectivity index (χ0) is 11.7. The molecular weight excluding hydrogens is 214 g/mol. The topological polar surface area (TPSA) is 77.6 Å². The van der Waals surface area contributed by atoms with Gasteiger partial charge in [0, 0.05) is 12.4 Å². The van der Waals surface area contributed by atoms with Gasteiger partial charge in [-0.2, -0.15) is 0 Å². The Balaban J connectivity index is 2.36. The average Bonchev–Trinajstić information content (AvgIpc) is 2.39. The fourth-order valence-corrected chi connectivity index (χ4v) is 1.67. The number of nitrogens with two attached hydrogens (primary N) is 1. The summed E-state index contributed by atoms with van der Waals surface area (Å²) in [6.45, 7) is 0. The fourth-order valence-electron chi connectivity index (χ4n) is 1.67. The van der Waals surface area contributed by atoms with E-state index in [-0.39, 0.29) is 5.95 Å². The van der Waals surface area contributed by atoms with E-state index in [2.05, 4.69) is 19.9 Å². The Kier molecular flexibility index (Phi) is 2.15. The largest absolute Gasteiger partial charge is 0.368 e. The van der Waals surface area contributed by atoms with Crippen molar-refractivity contribution in [1.82, 2.24) is 19.9 Å². The lowest BCUT2D eigenvalue weighted by Crippen LogP contribution is -1.99. The molecule has 0 aliphatic carbocycles. The number of pyridine rings is 2. The van der Waals surface area contributed by atoms with Crippen molar-refractivity contribution in [1.29, 1.82) is 0 Å². The van der Waals surface area contributed by atoms with Gasteiger partial charge in [0.15, 0.2) is 0 Å². The van der Waals surface area contributed by atoms with Crippen LogP contribution in [0.15, 0.2) is 42.7 Å². The summed E-state index contributed by atoms with van der Waals surface area (Å²) >= 11 is 0. The average molecular weight is 223 g/mol. The van der Waals surface area contributed by atoms with Gasteiger partial charge < -0.3 is 5.73 Å². The molecule has 0 saturated carbocycles. The van der Waals surface area contributed by atoms with E-state index in [0.717, 1.165) is 11.2 Å². The smallest absolute Gasteiger partial charge is 0.221 e. The van der Waals surface area contributed by atoms with E-state index in [4.69, 9.17) is 5.73 Å². The maximum Gasteiger partial charge on any atom is 0.221 e. The van der Waals surface area contributed by atoms with E-state index in [9.17, 15) is 0 Å². The standard InChI is InChI=1S/C12H9N5/c13-12-16-9-5-3-7-15-10(9)11(17-12)8-4-1-2-6-14-8/h1-7H,(H2,13,16,17). The van der Waals surface area contributed by atoms with Crippen molar-refractivity contribution in [3.05, 3.63) is 42.7 Å². The van der Waals surface area contributed by atoms with Crippen LogP contribution < -0.4 is 5.73 Å². The van der Waals surface area contributed by atoms with Crippen LogP contribution >= 0.6 is 0 Å². The number of rotatable bonds is 1. The van der Waals surface area contributed by atoms with Gasteiger partial charge in [-0.05, 0) is 24.3 Å². The summed E-state index contributed by atoms with van der Waals surface area (Å²) in [7, 11) is 0. The molecule has 0 aliphatic heterocycles. The Morgan fingerprint density at radius 1 is 0.882 bits per heavy atom. The zero-order valence-corrected chi connectivity index (χ0v) is 8.91. The predicted molar refractivity (Wildman–Crippen MR) is 65.0 cm³/mol. The van der Waals surface area contributed by atoms with Gasteiger partial charge in [-0.1, -0.05) is 6.07 Å². The van der Waals surface area contributed by atoms with Crippen molar-refractivity contribution >= 4 is 17.0 Å². The van der Waals surface area contributed by atoms with E-state index in [1.54, 1.807) is 12.4 Å². The first-order chi connectivity index (χ1) is 8.34. The lowest BCUT2D eigenvalue weighted by atomic mass is 10.2. The van der Waals surface area contributed by atoms with Gasteiger partial charge >= 0.3 is 0 Å². The third-order valence-electron chi connectivity index (χ3n) is 2.38. The summed E-state index contributed by atoms with van der Waals surface area (Å²) in [4.78, 5) is 16.9. The molecule has 3 heterocycles. The van der Waals surface area contributed by atoms with Crippen LogP contribution in [-0.2, 0) is 0 Å². The molecule has 0 fully saturated rings. The Morgan fingerprint density at radius 3 is 2.59 bits per heavy atom. The molecule has 3 aromatic heterocycles. The molecule has 0 atom stereocenters. The maximum atomic E-state index is 5.68. The molecule has 17 heavy (non-hydrogen) atoms. The van der Waals surface area contributed by atoms with Gasteiger partial charge in [-0.3, -0.25) is 9.97 Å². The summed E-state index contributed by atoms with van der Waals surface area (Å²) in [6, 6.07) is 9.29. The zero-order valence-electron chi connectivity index (χ0n) is 8.91. The van der Waals surface area contributed by atoms with Crippen LogP contribution in [0, 0.1) is 0 Å². The monoisotopic (exact) mass is 223 g/mol. The minimum Gasteiger partial charge on any atom is -0.368 e. The summed E-state index contributed by atoms with van der Waals surface area (Å²) in [5.41, 5.74) is 8.52. The molecule has 0 amide bonds. The van der Waals surface area contributed by atoms with Gasteiger partial charge in [0.05, 0.1) is 11.2 Å². The van der Waals surface area contributed by atoms with Gasteiger partial charge in [0.2, 0.25) is 5.95 Å². The lowest BCUT2D eigenvalue weighted by Gasteiger charge is -2.04. The summed E-state index contributed by atoms with van der Waals surface area (Å²) in [5.74, 6) is 0.228. The highest BCUT2D eigenvalue weighted by atomic mass is 15.0. The van der Waals surface area contributed by atoms with E-state index >= 15 is 0 Å². The minimum absolute atomic E-state index is 0.228. The first-order valence-electron chi connectivity index (χ1n) is 5.14. The van der Waals surface area contributed by atoms with Crippen LogP contribution in [0.5, 0.6) is 0 Å². The number of hydrogen-bond acceptors (Lipinski definition) is 5. The second-order valence-electron chi connectivity index (χ2n) is 3.52. The number of nitrogens with zero attached hydrogens (tertiary/aromatic N) is 4. The highest BCUT2D eigenvalue weighted by molar-refractivity contribution is 5.88. The minimum atomic E-state index is 0.228. The van der Waals surface area contributed by atoms with Gasteiger partial charge in [-0.25, -0.2) is 9.97 Å². The number of hydrogen-bond donors (Lipinski definition) is 1. The first kappa shape index (κ1) is 9.65. The van der Waals surface area contributed by atoms with Crippen molar-refractivity contribution in [2.24, 2.45) is 0 Å². The van der Waals surface area contributed by atoms with Gasteiger partial charge in [0.25, 0.3) is 0 Å².